The minimum Gasteiger partial charge on any atom is -0.467 e. The second kappa shape index (κ2) is 7.76. The van der Waals surface area contributed by atoms with Gasteiger partial charge in [0.2, 0.25) is 11.8 Å². The van der Waals surface area contributed by atoms with Crippen molar-refractivity contribution in [2.45, 2.75) is 38.3 Å². The van der Waals surface area contributed by atoms with Gasteiger partial charge in [0.15, 0.2) is 0 Å². The third kappa shape index (κ3) is 4.31. The molecule has 6 heteroatoms. The number of nitrogens with one attached hydrogen (secondary N) is 1. The molecule has 2 amide bonds. The van der Waals surface area contributed by atoms with E-state index in [1.807, 2.05) is 30.3 Å². The molecule has 2 rings (SSSR count). The minimum absolute atomic E-state index is 0.217. The SMILES string of the molecule is COC(=O)[C@@H]1CCCN1C(=O)[C@H](C)NC(=O)Cc1ccccc1. The molecule has 0 spiro atoms. The molecule has 2 atom stereocenters. The van der Waals surface area contributed by atoms with E-state index in [9.17, 15) is 14.4 Å². The van der Waals surface area contributed by atoms with Crippen LogP contribution in [0.3, 0.4) is 0 Å². The predicted octanol–water partition coefficient (Wildman–Crippen LogP) is 0.898. The van der Waals surface area contributed by atoms with Crippen LogP contribution in [-0.4, -0.2) is 48.4 Å². The van der Waals surface area contributed by atoms with E-state index in [1.54, 1.807) is 6.92 Å². The molecule has 0 aromatic heterocycles. The number of hydrogen-bond donors (Lipinski definition) is 1. The van der Waals surface area contributed by atoms with Gasteiger partial charge in [0.05, 0.1) is 13.5 Å². The summed E-state index contributed by atoms with van der Waals surface area (Å²) in [7, 11) is 1.31. The van der Waals surface area contributed by atoms with Crippen molar-refractivity contribution in [1.29, 1.82) is 0 Å². The highest BCUT2D eigenvalue weighted by Crippen LogP contribution is 2.19. The van der Waals surface area contributed by atoms with Crippen molar-refractivity contribution < 1.29 is 19.1 Å². The summed E-state index contributed by atoms with van der Waals surface area (Å²) in [6.07, 6.45) is 1.58. The molecule has 23 heavy (non-hydrogen) atoms. The predicted molar refractivity (Wildman–Crippen MR) is 84.5 cm³/mol. The van der Waals surface area contributed by atoms with Crippen molar-refractivity contribution in [1.82, 2.24) is 10.2 Å². The Bertz CT molecular complexity index is 573. The molecule has 1 aromatic carbocycles. The Labute approximate surface area is 135 Å². The molecule has 0 bridgehead atoms. The number of rotatable bonds is 5. The standard InChI is InChI=1S/C17H22N2O4/c1-12(18-15(20)11-13-7-4-3-5-8-13)16(21)19-10-6-9-14(19)17(22)23-2/h3-5,7-8,12,14H,6,9-11H2,1-2H3,(H,18,20)/t12-,14-/m0/s1. The summed E-state index contributed by atoms with van der Waals surface area (Å²) >= 11 is 0. The fourth-order valence-corrected chi connectivity index (χ4v) is 2.80. The molecule has 1 heterocycles. The average Bonchev–Trinajstić information content (AvgIpc) is 3.03. The van der Waals surface area contributed by atoms with Gasteiger partial charge < -0.3 is 15.0 Å². The summed E-state index contributed by atoms with van der Waals surface area (Å²) in [5.74, 6) is -0.871. The van der Waals surface area contributed by atoms with Gasteiger partial charge in [-0.15, -0.1) is 0 Å². The first-order valence-corrected chi connectivity index (χ1v) is 7.74. The largest absolute Gasteiger partial charge is 0.467 e. The van der Waals surface area contributed by atoms with Gasteiger partial charge in [0.25, 0.3) is 0 Å². The Balaban J connectivity index is 1.91. The van der Waals surface area contributed by atoms with Crippen molar-refractivity contribution in [3.63, 3.8) is 0 Å². The first-order chi connectivity index (χ1) is 11.0. The summed E-state index contributed by atoms with van der Waals surface area (Å²) in [4.78, 5) is 37.7. The minimum atomic E-state index is -0.670. The maximum Gasteiger partial charge on any atom is 0.328 e. The fourth-order valence-electron chi connectivity index (χ4n) is 2.80. The first-order valence-electron chi connectivity index (χ1n) is 7.74. The summed E-state index contributed by atoms with van der Waals surface area (Å²) in [6.45, 7) is 2.15. The zero-order valence-corrected chi connectivity index (χ0v) is 13.5. The number of carbonyl (C=O) groups is 3. The zero-order chi connectivity index (χ0) is 16.8. The van der Waals surface area contributed by atoms with Gasteiger partial charge in [-0.05, 0) is 25.3 Å². The molecule has 0 saturated carbocycles. The lowest BCUT2D eigenvalue weighted by molar-refractivity contribution is -0.151. The smallest absolute Gasteiger partial charge is 0.328 e. The van der Waals surface area contributed by atoms with Gasteiger partial charge in [0.1, 0.15) is 12.1 Å². The topological polar surface area (TPSA) is 75.7 Å². The van der Waals surface area contributed by atoms with Crippen LogP contribution in [0.2, 0.25) is 0 Å². The molecule has 0 radical (unpaired) electrons. The van der Waals surface area contributed by atoms with E-state index >= 15 is 0 Å². The fraction of sp³-hybridized carbons (Fsp3) is 0.471. The van der Waals surface area contributed by atoms with Crippen molar-refractivity contribution in [3.8, 4) is 0 Å². The molecular weight excluding hydrogens is 296 g/mol. The number of nitrogens with zero attached hydrogens (tertiary/aromatic N) is 1. The van der Waals surface area contributed by atoms with Gasteiger partial charge in [0, 0.05) is 6.54 Å². The quantitative estimate of drug-likeness (QED) is 0.818. The Morgan fingerprint density at radius 2 is 2.00 bits per heavy atom. The van der Waals surface area contributed by atoms with Crippen LogP contribution in [0.4, 0.5) is 0 Å². The van der Waals surface area contributed by atoms with Gasteiger partial charge in [-0.25, -0.2) is 4.79 Å². The van der Waals surface area contributed by atoms with E-state index in [-0.39, 0.29) is 18.2 Å². The van der Waals surface area contributed by atoms with Gasteiger partial charge in [-0.3, -0.25) is 9.59 Å². The maximum atomic E-state index is 12.5. The van der Waals surface area contributed by atoms with Crippen molar-refractivity contribution >= 4 is 17.8 Å². The summed E-state index contributed by atoms with van der Waals surface area (Å²) < 4.78 is 4.73. The molecule has 1 aromatic rings. The summed E-state index contributed by atoms with van der Waals surface area (Å²) in [5.41, 5.74) is 0.887. The molecule has 1 aliphatic heterocycles. The number of hydrogen-bond acceptors (Lipinski definition) is 4. The third-order valence-corrected chi connectivity index (χ3v) is 3.96. The number of ether oxygens (including phenoxy) is 1. The normalized spacial score (nSPS) is 18.3. The van der Waals surface area contributed by atoms with Crippen LogP contribution in [-0.2, 0) is 25.5 Å². The monoisotopic (exact) mass is 318 g/mol. The second-order valence-electron chi connectivity index (χ2n) is 5.66. The lowest BCUT2D eigenvalue weighted by atomic mass is 10.1. The van der Waals surface area contributed by atoms with E-state index < -0.39 is 18.1 Å². The highest BCUT2D eigenvalue weighted by atomic mass is 16.5. The van der Waals surface area contributed by atoms with Gasteiger partial charge >= 0.3 is 5.97 Å². The van der Waals surface area contributed by atoms with Crippen LogP contribution >= 0.6 is 0 Å². The molecule has 0 unspecified atom stereocenters. The van der Waals surface area contributed by atoms with Gasteiger partial charge in [-0.2, -0.15) is 0 Å². The van der Waals surface area contributed by atoms with Crippen molar-refractivity contribution in [2.75, 3.05) is 13.7 Å². The number of benzene rings is 1. The zero-order valence-electron chi connectivity index (χ0n) is 13.5. The van der Waals surface area contributed by atoms with Gasteiger partial charge in [-0.1, -0.05) is 30.3 Å². The number of methoxy groups -OCH3 is 1. The molecule has 1 fully saturated rings. The maximum absolute atomic E-state index is 12.5. The van der Waals surface area contributed by atoms with Crippen LogP contribution in [0.25, 0.3) is 0 Å². The molecule has 1 N–H and O–H groups in total. The van der Waals surface area contributed by atoms with E-state index in [4.69, 9.17) is 4.74 Å². The first kappa shape index (κ1) is 17.0. The molecule has 1 aliphatic rings. The molecule has 124 valence electrons. The van der Waals surface area contributed by atoms with Crippen LogP contribution in [0.5, 0.6) is 0 Å². The van der Waals surface area contributed by atoms with E-state index in [1.165, 1.54) is 12.0 Å². The highest BCUT2D eigenvalue weighted by Gasteiger charge is 2.36. The Kier molecular flexibility index (Phi) is 5.73. The number of amides is 2. The summed E-state index contributed by atoms with van der Waals surface area (Å²) in [5, 5.41) is 2.70. The van der Waals surface area contributed by atoms with Crippen molar-refractivity contribution in [3.05, 3.63) is 35.9 Å². The third-order valence-electron chi connectivity index (χ3n) is 3.96. The highest BCUT2D eigenvalue weighted by molar-refractivity contribution is 5.91. The number of carbonyl (C=O) groups excluding carboxylic acids is 3. The lowest BCUT2D eigenvalue weighted by Gasteiger charge is -2.26. The average molecular weight is 318 g/mol. The number of esters is 1. The number of likely N-dealkylation sites (tertiary alicyclic amines) is 1. The van der Waals surface area contributed by atoms with E-state index in [0.29, 0.717) is 13.0 Å². The Hall–Kier alpha value is -2.37. The van der Waals surface area contributed by atoms with Crippen LogP contribution in [0, 0.1) is 0 Å². The molecule has 1 saturated heterocycles. The van der Waals surface area contributed by atoms with Crippen LogP contribution < -0.4 is 5.32 Å². The van der Waals surface area contributed by atoms with Crippen LogP contribution in [0.1, 0.15) is 25.3 Å². The summed E-state index contributed by atoms with van der Waals surface area (Å²) in [6, 6.07) is 8.12. The molecular formula is C17H22N2O4. The van der Waals surface area contributed by atoms with Crippen molar-refractivity contribution in [2.24, 2.45) is 0 Å². The molecule has 0 aliphatic carbocycles. The Morgan fingerprint density at radius 1 is 1.30 bits per heavy atom. The van der Waals surface area contributed by atoms with E-state index in [2.05, 4.69) is 5.32 Å². The lowest BCUT2D eigenvalue weighted by Crippen LogP contribution is -2.50. The Morgan fingerprint density at radius 3 is 2.65 bits per heavy atom. The van der Waals surface area contributed by atoms with Crippen LogP contribution in [0.15, 0.2) is 30.3 Å². The second-order valence-corrected chi connectivity index (χ2v) is 5.66. The van der Waals surface area contributed by atoms with E-state index in [0.717, 1.165) is 12.0 Å². The molecule has 6 nitrogen and oxygen atoms in total.